The number of aromatic nitrogens is 1. The SMILES string of the molecule is Cc1noc(C(C)C)c1C(=O)NCc1ccccc1CN1CCCCC1. The maximum Gasteiger partial charge on any atom is 0.257 e. The fourth-order valence-corrected chi connectivity index (χ4v) is 3.56. The van der Waals surface area contributed by atoms with Gasteiger partial charge in [-0.3, -0.25) is 9.69 Å². The summed E-state index contributed by atoms with van der Waals surface area (Å²) in [5.41, 5.74) is 3.69. The molecular formula is C21H29N3O2. The van der Waals surface area contributed by atoms with Crippen LogP contribution in [-0.2, 0) is 13.1 Å². The average molecular weight is 355 g/mol. The van der Waals surface area contributed by atoms with Gasteiger partial charge < -0.3 is 9.84 Å². The van der Waals surface area contributed by atoms with Crippen molar-refractivity contribution in [3.8, 4) is 0 Å². The van der Waals surface area contributed by atoms with Gasteiger partial charge in [-0.25, -0.2) is 0 Å². The molecule has 0 radical (unpaired) electrons. The van der Waals surface area contributed by atoms with Gasteiger partial charge in [0.15, 0.2) is 5.76 Å². The molecule has 1 N–H and O–H groups in total. The number of nitrogens with one attached hydrogen (secondary N) is 1. The number of nitrogens with zero attached hydrogens (tertiary/aromatic N) is 2. The molecule has 0 aliphatic carbocycles. The fraction of sp³-hybridized carbons (Fsp3) is 0.524. The molecule has 2 heterocycles. The van der Waals surface area contributed by atoms with Crippen LogP contribution in [0.4, 0.5) is 0 Å². The zero-order chi connectivity index (χ0) is 18.5. The topological polar surface area (TPSA) is 58.4 Å². The molecule has 0 atom stereocenters. The van der Waals surface area contributed by atoms with Gasteiger partial charge in [0.2, 0.25) is 0 Å². The highest BCUT2D eigenvalue weighted by Gasteiger charge is 2.22. The molecule has 140 valence electrons. The average Bonchev–Trinajstić information content (AvgIpc) is 3.03. The van der Waals surface area contributed by atoms with Crippen LogP contribution < -0.4 is 5.32 Å². The molecule has 2 aromatic rings. The number of hydrogen-bond acceptors (Lipinski definition) is 4. The van der Waals surface area contributed by atoms with Crippen molar-refractivity contribution in [2.24, 2.45) is 0 Å². The second-order valence-electron chi connectivity index (χ2n) is 7.45. The van der Waals surface area contributed by atoms with Crippen molar-refractivity contribution in [2.45, 2.75) is 59.0 Å². The molecule has 26 heavy (non-hydrogen) atoms. The van der Waals surface area contributed by atoms with E-state index in [1.54, 1.807) is 0 Å². The number of likely N-dealkylation sites (tertiary alicyclic amines) is 1. The first-order chi connectivity index (χ1) is 12.6. The minimum atomic E-state index is -0.111. The Hall–Kier alpha value is -2.14. The van der Waals surface area contributed by atoms with E-state index in [-0.39, 0.29) is 11.8 Å². The number of piperidine rings is 1. The van der Waals surface area contributed by atoms with Crippen LogP contribution in [0.3, 0.4) is 0 Å². The van der Waals surface area contributed by atoms with E-state index in [1.807, 2.05) is 26.8 Å². The summed E-state index contributed by atoms with van der Waals surface area (Å²) in [4.78, 5) is 15.2. The number of benzene rings is 1. The van der Waals surface area contributed by atoms with Crippen LogP contribution in [-0.4, -0.2) is 29.1 Å². The third-order valence-corrected chi connectivity index (χ3v) is 5.04. The smallest absolute Gasteiger partial charge is 0.257 e. The Balaban J connectivity index is 1.68. The molecule has 0 saturated carbocycles. The molecule has 1 fully saturated rings. The van der Waals surface area contributed by atoms with Crippen LogP contribution in [0.2, 0.25) is 0 Å². The predicted octanol–water partition coefficient (Wildman–Crippen LogP) is 4.02. The third kappa shape index (κ3) is 4.33. The quantitative estimate of drug-likeness (QED) is 0.850. The van der Waals surface area contributed by atoms with E-state index < -0.39 is 0 Å². The summed E-state index contributed by atoms with van der Waals surface area (Å²) in [7, 11) is 0. The lowest BCUT2D eigenvalue weighted by Crippen LogP contribution is -2.30. The van der Waals surface area contributed by atoms with Crippen LogP contribution >= 0.6 is 0 Å². The number of carbonyl (C=O) groups is 1. The molecule has 1 saturated heterocycles. The second kappa shape index (κ2) is 8.49. The molecule has 1 aliphatic heterocycles. The monoisotopic (exact) mass is 355 g/mol. The van der Waals surface area contributed by atoms with Gasteiger partial charge in [0, 0.05) is 19.0 Å². The van der Waals surface area contributed by atoms with E-state index in [0.29, 0.717) is 23.6 Å². The van der Waals surface area contributed by atoms with Crippen LogP contribution in [0, 0.1) is 6.92 Å². The second-order valence-corrected chi connectivity index (χ2v) is 7.45. The predicted molar refractivity (Wildman–Crippen MR) is 102 cm³/mol. The number of amides is 1. The van der Waals surface area contributed by atoms with E-state index in [9.17, 15) is 4.79 Å². The van der Waals surface area contributed by atoms with Crippen molar-refractivity contribution in [1.29, 1.82) is 0 Å². The van der Waals surface area contributed by atoms with Gasteiger partial charge in [0.25, 0.3) is 5.91 Å². The molecule has 0 spiro atoms. The lowest BCUT2D eigenvalue weighted by molar-refractivity contribution is 0.0947. The lowest BCUT2D eigenvalue weighted by Gasteiger charge is -2.27. The minimum absolute atomic E-state index is 0.111. The van der Waals surface area contributed by atoms with E-state index >= 15 is 0 Å². The Morgan fingerprint density at radius 1 is 1.19 bits per heavy atom. The van der Waals surface area contributed by atoms with Gasteiger partial charge in [-0.15, -0.1) is 0 Å². The van der Waals surface area contributed by atoms with Gasteiger partial charge in [-0.2, -0.15) is 0 Å². The highest BCUT2D eigenvalue weighted by molar-refractivity contribution is 5.96. The number of hydrogen-bond donors (Lipinski definition) is 1. The molecular weight excluding hydrogens is 326 g/mol. The van der Waals surface area contributed by atoms with Crippen LogP contribution in [0.25, 0.3) is 0 Å². The standard InChI is InChI=1S/C21H29N3O2/c1-15(2)20-19(16(3)23-26-20)21(25)22-13-17-9-5-6-10-18(17)14-24-11-7-4-8-12-24/h5-6,9-10,15H,4,7-8,11-14H2,1-3H3,(H,22,25). The summed E-state index contributed by atoms with van der Waals surface area (Å²) >= 11 is 0. The largest absolute Gasteiger partial charge is 0.360 e. The van der Waals surface area contributed by atoms with Crippen molar-refractivity contribution in [2.75, 3.05) is 13.1 Å². The summed E-state index contributed by atoms with van der Waals surface area (Å²) < 4.78 is 5.34. The zero-order valence-electron chi connectivity index (χ0n) is 16.0. The molecule has 3 rings (SSSR count). The van der Waals surface area contributed by atoms with Crippen molar-refractivity contribution < 1.29 is 9.32 Å². The van der Waals surface area contributed by atoms with Gasteiger partial charge in [0.1, 0.15) is 5.56 Å². The van der Waals surface area contributed by atoms with Crippen LogP contribution in [0.5, 0.6) is 0 Å². The summed E-state index contributed by atoms with van der Waals surface area (Å²) in [6, 6.07) is 8.38. The fourth-order valence-electron chi connectivity index (χ4n) is 3.56. The lowest BCUT2D eigenvalue weighted by atomic mass is 10.0. The highest BCUT2D eigenvalue weighted by atomic mass is 16.5. The third-order valence-electron chi connectivity index (χ3n) is 5.04. The first kappa shape index (κ1) is 18.6. The molecule has 0 bridgehead atoms. The zero-order valence-corrected chi connectivity index (χ0v) is 16.0. The summed E-state index contributed by atoms with van der Waals surface area (Å²) in [5.74, 6) is 0.671. The summed E-state index contributed by atoms with van der Waals surface area (Å²) in [5, 5.41) is 7.02. The minimum Gasteiger partial charge on any atom is -0.360 e. The molecule has 5 nitrogen and oxygen atoms in total. The van der Waals surface area contributed by atoms with E-state index in [4.69, 9.17) is 4.52 Å². The van der Waals surface area contributed by atoms with E-state index in [1.165, 1.54) is 43.5 Å². The van der Waals surface area contributed by atoms with Crippen molar-refractivity contribution >= 4 is 5.91 Å². The Morgan fingerprint density at radius 3 is 2.58 bits per heavy atom. The van der Waals surface area contributed by atoms with Gasteiger partial charge in [0.05, 0.1) is 5.69 Å². The first-order valence-electron chi connectivity index (χ1n) is 9.59. The maximum atomic E-state index is 12.7. The van der Waals surface area contributed by atoms with Gasteiger partial charge in [-0.1, -0.05) is 49.7 Å². The Morgan fingerprint density at radius 2 is 1.88 bits per heavy atom. The molecule has 1 aromatic carbocycles. The van der Waals surface area contributed by atoms with Gasteiger partial charge >= 0.3 is 0 Å². The van der Waals surface area contributed by atoms with Crippen LogP contribution in [0.1, 0.15) is 72.0 Å². The van der Waals surface area contributed by atoms with Crippen molar-refractivity contribution in [3.63, 3.8) is 0 Å². The first-order valence-corrected chi connectivity index (χ1v) is 9.59. The number of aryl methyl sites for hydroxylation is 1. The summed E-state index contributed by atoms with van der Waals surface area (Å²) in [6.45, 7) is 9.63. The van der Waals surface area contributed by atoms with Crippen molar-refractivity contribution in [3.05, 3.63) is 52.4 Å². The molecule has 5 heteroatoms. The molecule has 1 aromatic heterocycles. The van der Waals surface area contributed by atoms with Gasteiger partial charge in [-0.05, 0) is 44.0 Å². The van der Waals surface area contributed by atoms with E-state index in [0.717, 1.165) is 6.54 Å². The number of rotatable bonds is 6. The molecule has 1 amide bonds. The molecule has 1 aliphatic rings. The highest BCUT2D eigenvalue weighted by Crippen LogP contribution is 2.22. The molecule has 0 unspecified atom stereocenters. The van der Waals surface area contributed by atoms with E-state index in [2.05, 4.69) is 33.6 Å². The number of carbonyl (C=O) groups excluding carboxylic acids is 1. The summed E-state index contributed by atoms with van der Waals surface area (Å²) in [6.07, 6.45) is 3.90. The normalized spacial score (nSPS) is 15.4. The Labute approximate surface area is 155 Å². The maximum absolute atomic E-state index is 12.7. The Kier molecular flexibility index (Phi) is 6.09. The Bertz CT molecular complexity index is 745. The van der Waals surface area contributed by atoms with Crippen molar-refractivity contribution in [1.82, 2.24) is 15.4 Å². The van der Waals surface area contributed by atoms with Crippen LogP contribution in [0.15, 0.2) is 28.8 Å².